The van der Waals surface area contributed by atoms with Crippen LogP contribution in [0.3, 0.4) is 0 Å². The van der Waals surface area contributed by atoms with Crippen molar-refractivity contribution in [2.45, 2.75) is 24.1 Å². The Hall–Kier alpha value is -3.04. The zero-order valence-electron chi connectivity index (χ0n) is 17.9. The quantitative estimate of drug-likeness (QED) is 0.558. The number of sulfonamides is 1. The molecule has 9 heteroatoms. The fourth-order valence-electron chi connectivity index (χ4n) is 4.00. The van der Waals surface area contributed by atoms with Gasteiger partial charge in [0.25, 0.3) is 10.0 Å². The maximum atomic E-state index is 12.8. The number of carboxylic acids is 1. The third kappa shape index (κ3) is 4.58. The van der Waals surface area contributed by atoms with Crippen molar-refractivity contribution in [2.75, 3.05) is 34.2 Å². The monoisotopic (exact) mass is 471 g/mol. The van der Waals surface area contributed by atoms with Gasteiger partial charge in [0, 0.05) is 31.4 Å². The molecule has 2 N–H and O–H groups in total. The van der Waals surface area contributed by atoms with Crippen LogP contribution in [-0.2, 0) is 10.0 Å². The average molecular weight is 472 g/mol. The maximum absolute atomic E-state index is 12.8. The van der Waals surface area contributed by atoms with Gasteiger partial charge in [-0.25, -0.2) is 13.2 Å². The molecule has 0 bridgehead atoms. The lowest BCUT2D eigenvalue weighted by atomic mass is 10.1. The lowest BCUT2D eigenvalue weighted by Gasteiger charge is -2.43. The van der Waals surface area contributed by atoms with Crippen LogP contribution in [0.15, 0.2) is 64.2 Å². The summed E-state index contributed by atoms with van der Waals surface area (Å²) in [6.45, 7) is 6.32. The van der Waals surface area contributed by atoms with Crippen LogP contribution in [-0.4, -0.2) is 45.2 Å². The number of carbonyl (C=O) groups is 1. The van der Waals surface area contributed by atoms with Gasteiger partial charge in [0.05, 0.1) is 16.9 Å². The lowest BCUT2D eigenvalue weighted by Crippen LogP contribution is -2.52. The number of anilines is 3. The summed E-state index contributed by atoms with van der Waals surface area (Å²) in [6, 6.07) is 16.3. The average Bonchev–Trinajstić information content (AvgIpc) is 3.29. The van der Waals surface area contributed by atoms with Gasteiger partial charge in [-0.05, 0) is 61.2 Å². The van der Waals surface area contributed by atoms with E-state index in [4.69, 9.17) is 0 Å². The largest absolute Gasteiger partial charge is 0.478 e. The number of aryl methyl sites for hydroxylation is 1. The predicted molar refractivity (Wildman–Crippen MR) is 129 cm³/mol. The van der Waals surface area contributed by atoms with E-state index in [1.54, 1.807) is 17.5 Å². The molecule has 168 valence electrons. The number of piperazine rings is 1. The smallest absolute Gasteiger partial charge is 0.335 e. The van der Waals surface area contributed by atoms with Crippen LogP contribution >= 0.6 is 11.3 Å². The minimum absolute atomic E-state index is 0.0316. The zero-order valence-corrected chi connectivity index (χ0v) is 19.5. The summed E-state index contributed by atoms with van der Waals surface area (Å²) in [5.74, 6) is -1.11. The number of benzene rings is 2. The van der Waals surface area contributed by atoms with Crippen molar-refractivity contribution in [1.82, 2.24) is 0 Å². The molecule has 3 aromatic rings. The molecule has 2 heterocycles. The van der Waals surface area contributed by atoms with Crippen LogP contribution in [0.5, 0.6) is 0 Å². The van der Waals surface area contributed by atoms with Crippen molar-refractivity contribution in [3.8, 4) is 0 Å². The van der Waals surface area contributed by atoms with Gasteiger partial charge in [0.1, 0.15) is 4.21 Å². The molecule has 32 heavy (non-hydrogen) atoms. The van der Waals surface area contributed by atoms with E-state index in [1.165, 1.54) is 23.8 Å². The Labute approximate surface area is 192 Å². The summed E-state index contributed by atoms with van der Waals surface area (Å²) in [4.78, 5) is 16.0. The third-order valence-corrected chi connectivity index (χ3v) is 8.31. The van der Waals surface area contributed by atoms with Gasteiger partial charge in [0.2, 0.25) is 0 Å². The Morgan fingerprint density at radius 2 is 1.94 bits per heavy atom. The molecule has 1 saturated heterocycles. The van der Waals surface area contributed by atoms with Crippen molar-refractivity contribution in [2.24, 2.45) is 0 Å². The van der Waals surface area contributed by atoms with Gasteiger partial charge in [-0.15, -0.1) is 11.3 Å². The van der Waals surface area contributed by atoms with Crippen molar-refractivity contribution in [3.63, 3.8) is 0 Å². The van der Waals surface area contributed by atoms with Gasteiger partial charge >= 0.3 is 5.97 Å². The van der Waals surface area contributed by atoms with Crippen LogP contribution in [0.4, 0.5) is 17.1 Å². The van der Waals surface area contributed by atoms with Gasteiger partial charge in [-0.2, -0.15) is 0 Å². The summed E-state index contributed by atoms with van der Waals surface area (Å²) in [5, 5.41) is 11.1. The first-order valence-corrected chi connectivity index (χ1v) is 12.6. The number of nitrogens with one attached hydrogen (secondary N) is 1. The number of thiophene rings is 1. The highest BCUT2D eigenvalue weighted by molar-refractivity contribution is 7.94. The fraction of sp³-hybridized carbons (Fsp3) is 0.261. The van der Waals surface area contributed by atoms with E-state index in [2.05, 4.69) is 46.6 Å². The molecule has 0 amide bonds. The summed E-state index contributed by atoms with van der Waals surface area (Å²) in [6.07, 6.45) is 0. The van der Waals surface area contributed by atoms with Crippen LogP contribution < -0.4 is 14.5 Å². The summed E-state index contributed by atoms with van der Waals surface area (Å²) in [5.41, 5.74) is 3.34. The number of hydrogen-bond acceptors (Lipinski definition) is 6. The van der Waals surface area contributed by atoms with E-state index in [9.17, 15) is 18.3 Å². The van der Waals surface area contributed by atoms with E-state index in [-0.39, 0.29) is 21.5 Å². The molecule has 0 radical (unpaired) electrons. The molecule has 1 aliphatic rings. The van der Waals surface area contributed by atoms with Gasteiger partial charge in [-0.3, -0.25) is 4.72 Å². The normalized spacial score (nSPS) is 16.8. The minimum Gasteiger partial charge on any atom is -0.478 e. The van der Waals surface area contributed by atoms with E-state index in [0.717, 1.165) is 23.6 Å². The molecule has 0 spiro atoms. The van der Waals surface area contributed by atoms with Crippen molar-refractivity contribution in [3.05, 3.63) is 71.1 Å². The molecule has 7 nitrogen and oxygen atoms in total. The topological polar surface area (TPSA) is 89.9 Å². The Bertz CT molecular complexity index is 1230. The fourth-order valence-corrected chi connectivity index (χ4v) is 6.06. The van der Waals surface area contributed by atoms with E-state index >= 15 is 0 Å². The van der Waals surface area contributed by atoms with Crippen LogP contribution in [0.25, 0.3) is 0 Å². The Balaban J connectivity index is 1.63. The second-order valence-corrected chi connectivity index (χ2v) is 10.8. The third-order valence-electron chi connectivity index (χ3n) is 5.55. The molecule has 1 aromatic heterocycles. The van der Waals surface area contributed by atoms with Crippen molar-refractivity contribution < 1.29 is 18.3 Å². The van der Waals surface area contributed by atoms with Gasteiger partial charge < -0.3 is 14.9 Å². The maximum Gasteiger partial charge on any atom is 0.335 e. The Morgan fingerprint density at radius 3 is 2.59 bits per heavy atom. The Kier molecular flexibility index (Phi) is 6.12. The number of hydrogen-bond donors (Lipinski definition) is 2. The summed E-state index contributed by atoms with van der Waals surface area (Å²) in [7, 11) is -3.81. The zero-order chi connectivity index (χ0) is 22.9. The Morgan fingerprint density at radius 1 is 1.12 bits per heavy atom. The highest BCUT2D eigenvalue weighted by Crippen LogP contribution is 2.33. The molecular weight excluding hydrogens is 446 g/mol. The standard InChI is InChI=1S/C23H25N3O4S2/c1-16-5-3-6-19(13-16)26-11-10-25(15-17(26)2)21-9-8-18(23(27)28)14-20(21)24-32(29,30)22-7-4-12-31-22/h3-9,12-14,17,24H,10-11,15H2,1-2H3,(H,27,28)/t17-/m1/s1. The number of nitrogens with zero attached hydrogens (tertiary/aromatic N) is 2. The first-order valence-electron chi connectivity index (χ1n) is 10.3. The van der Waals surface area contributed by atoms with E-state index in [1.807, 2.05) is 6.07 Å². The van der Waals surface area contributed by atoms with Crippen molar-refractivity contribution >= 4 is 44.4 Å². The highest BCUT2D eigenvalue weighted by atomic mass is 32.2. The van der Waals surface area contributed by atoms with Gasteiger partial charge in [0.15, 0.2) is 0 Å². The van der Waals surface area contributed by atoms with Crippen molar-refractivity contribution in [1.29, 1.82) is 0 Å². The number of carboxylic acid groups (broad SMARTS) is 1. The van der Waals surface area contributed by atoms with Crippen LogP contribution in [0.1, 0.15) is 22.8 Å². The molecule has 2 aromatic carbocycles. The minimum atomic E-state index is -3.81. The molecular formula is C23H25N3O4S2. The highest BCUT2D eigenvalue weighted by Gasteiger charge is 2.27. The van der Waals surface area contributed by atoms with E-state index < -0.39 is 16.0 Å². The lowest BCUT2D eigenvalue weighted by molar-refractivity contribution is 0.0697. The molecule has 0 aliphatic carbocycles. The predicted octanol–water partition coefficient (Wildman–Crippen LogP) is 4.27. The summed E-state index contributed by atoms with van der Waals surface area (Å²) < 4.78 is 28.5. The molecule has 0 saturated carbocycles. The SMILES string of the molecule is Cc1cccc(N2CCN(c3ccc(C(=O)O)cc3NS(=O)(=O)c3cccs3)C[C@H]2C)c1. The molecule has 0 unspecified atom stereocenters. The summed E-state index contributed by atoms with van der Waals surface area (Å²) >= 11 is 1.11. The second-order valence-electron chi connectivity index (χ2n) is 7.90. The molecule has 1 atom stereocenters. The number of aromatic carboxylic acids is 1. The van der Waals surface area contributed by atoms with Crippen LogP contribution in [0, 0.1) is 6.92 Å². The first kappa shape index (κ1) is 22.2. The number of rotatable bonds is 6. The first-order chi connectivity index (χ1) is 15.2. The molecule has 4 rings (SSSR count). The van der Waals surface area contributed by atoms with Crippen LogP contribution in [0.2, 0.25) is 0 Å². The van der Waals surface area contributed by atoms with Gasteiger partial charge in [-0.1, -0.05) is 18.2 Å². The van der Waals surface area contributed by atoms with E-state index in [0.29, 0.717) is 18.8 Å². The molecule has 1 fully saturated rings. The second kappa shape index (κ2) is 8.84. The molecule has 1 aliphatic heterocycles.